The molecule has 2 N–H and O–H groups in total. The molecule has 3 aromatic rings. The molecular formula is C32H33NO8. The second-order valence-corrected chi connectivity index (χ2v) is 10.7. The summed E-state index contributed by atoms with van der Waals surface area (Å²) < 4.78 is 22.9. The Bertz CT molecular complexity index is 1610. The van der Waals surface area contributed by atoms with Crippen molar-refractivity contribution in [3.63, 3.8) is 0 Å². The lowest BCUT2D eigenvalue weighted by atomic mass is 9.64. The lowest BCUT2D eigenvalue weighted by molar-refractivity contribution is -0.105. The maximum Gasteiger partial charge on any atom is 0.339 e. The molecule has 3 aromatic carbocycles. The topological polar surface area (TPSA) is 115 Å². The summed E-state index contributed by atoms with van der Waals surface area (Å²) in [5, 5.41) is 22.4. The summed E-state index contributed by atoms with van der Waals surface area (Å²) in [6, 6.07) is 8.39. The van der Waals surface area contributed by atoms with E-state index < -0.39 is 12.1 Å². The Kier molecular flexibility index (Phi) is 7.50. The lowest BCUT2D eigenvalue weighted by Gasteiger charge is -2.40. The Morgan fingerprint density at radius 1 is 1.24 bits per heavy atom. The molecule has 1 aliphatic heterocycles. The first kappa shape index (κ1) is 28.2. The van der Waals surface area contributed by atoms with E-state index in [9.17, 15) is 20.0 Å². The fraction of sp³-hybridized carbons (Fsp3) is 0.312. The molecular weight excluding hydrogens is 526 g/mol. The van der Waals surface area contributed by atoms with Crippen molar-refractivity contribution in [2.24, 2.45) is 11.3 Å². The monoisotopic (exact) mass is 559 g/mol. The summed E-state index contributed by atoms with van der Waals surface area (Å²) in [5.41, 5.74) is 1.08. The molecule has 0 radical (unpaired) electrons. The molecule has 0 amide bonds. The van der Waals surface area contributed by atoms with Gasteiger partial charge in [-0.25, -0.2) is 4.79 Å². The van der Waals surface area contributed by atoms with Crippen molar-refractivity contribution in [1.29, 1.82) is 0 Å². The third kappa shape index (κ3) is 4.81. The van der Waals surface area contributed by atoms with Crippen molar-refractivity contribution in [2.75, 3.05) is 19.1 Å². The number of carbonyl (C=O) groups excluding carboxylic acids is 2. The maximum atomic E-state index is 13.8. The standard InChI is InChI=1S/C32H33NO8/c1-6-32(4)12-8-9-20(29(32)18(2)16-34)13-19(3)41-31(35)23-15-26-30(40-17-39-26)28-21-10-7-11-25(38-5)22(21)14-24(27(23)28)33(36)37/h6-7,9-11,14-16,19,29,36-37H,1-2,8,12-13,17H2,3-5H3. The highest BCUT2D eigenvalue weighted by Gasteiger charge is 2.38. The van der Waals surface area contributed by atoms with Crippen molar-refractivity contribution in [1.82, 2.24) is 0 Å². The number of carbonyl (C=O) groups is 2. The zero-order chi connectivity index (χ0) is 29.5. The molecule has 1 aliphatic carbocycles. The number of ether oxygens (including phenoxy) is 4. The van der Waals surface area contributed by atoms with E-state index >= 15 is 0 Å². The SMILES string of the molecule is C=CC1(C)CCC=C(CC(C)OC(=O)c2cc3c(c4c2c(N(O)O)cc2c(OC)cccc24)OCO3)C1C(=C)C=O. The molecule has 2 aliphatic rings. The van der Waals surface area contributed by atoms with Crippen molar-refractivity contribution in [2.45, 2.75) is 39.2 Å². The van der Waals surface area contributed by atoms with Crippen LogP contribution in [-0.2, 0) is 9.53 Å². The Morgan fingerprint density at radius 2 is 2.02 bits per heavy atom. The summed E-state index contributed by atoms with van der Waals surface area (Å²) >= 11 is 0. The molecule has 0 saturated carbocycles. The minimum Gasteiger partial charge on any atom is -0.496 e. The van der Waals surface area contributed by atoms with Gasteiger partial charge >= 0.3 is 5.97 Å². The molecule has 0 aromatic heterocycles. The summed E-state index contributed by atoms with van der Waals surface area (Å²) in [6.07, 6.45) is 6.16. The van der Waals surface area contributed by atoms with Crippen molar-refractivity contribution in [3.8, 4) is 17.2 Å². The van der Waals surface area contributed by atoms with E-state index in [0.29, 0.717) is 45.4 Å². The number of fused-ring (bicyclic) bond motifs is 5. The average molecular weight is 560 g/mol. The van der Waals surface area contributed by atoms with Crippen LogP contribution in [0.1, 0.15) is 43.5 Å². The molecule has 214 valence electrons. The van der Waals surface area contributed by atoms with Gasteiger partial charge in [-0.05, 0) is 54.3 Å². The number of nitrogens with zero attached hydrogens (tertiary/aromatic N) is 1. The molecule has 1 heterocycles. The van der Waals surface area contributed by atoms with E-state index in [0.717, 1.165) is 24.7 Å². The number of benzene rings is 3. The first-order valence-electron chi connectivity index (χ1n) is 13.3. The van der Waals surface area contributed by atoms with Crippen LogP contribution in [-0.4, -0.2) is 42.7 Å². The molecule has 3 unspecified atom stereocenters. The highest BCUT2D eigenvalue weighted by atomic mass is 16.8. The number of methoxy groups -OCH3 is 1. The summed E-state index contributed by atoms with van der Waals surface area (Å²) in [5.74, 6) is 0.280. The zero-order valence-corrected chi connectivity index (χ0v) is 23.3. The van der Waals surface area contributed by atoms with Gasteiger partial charge in [0.2, 0.25) is 6.79 Å². The quantitative estimate of drug-likeness (QED) is 0.0753. The Morgan fingerprint density at radius 3 is 2.71 bits per heavy atom. The third-order valence-corrected chi connectivity index (χ3v) is 8.13. The average Bonchev–Trinajstić information content (AvgIpc) is 3.44. The van der Waals surface area contributed by atoms with Gasteiger partial charge in [-0.3, -0.25) is 15.2 Å². The highest BCUT2D eigenvalue weighted by molar-refractivity contribution is 6.23. The lowest BCUT2D eigenvalue weighted by Crippen LogP contribution is -2.33. The Labute approximate surface area is 237 Å². The van der Waals surface area contributed by atoms with E-state index in [2.05, 4.69) is 26.2 Å². The molecule has 9 heteroatoms. The molecule has 0 saturated heterocycles. The second kappa shape index (κ2) is 10.9. The fourth-order valence-corrected chi connectivity index (χ4v) is 6.21. The van der Waals surface area contributed by atoms with Crippen LogP contribution in [0.15, 0.2) is 66.8 Å². The first-order chi connectivity index (χ1) is 19.6. The molecule has 0 spiro atoms. The minimum atomic E-state index is -0.681. The molecule has 0 fully saturated rings. The van der Waals surface area contributed by atoms with E-state index in [4.69, 9.17) is 18.9 Å². The number of allylic oxidation sites excluding steroid dienone is 3. The largest absolute Gasteiger partial charge is 0.496 e. The van der Waals surface area contributed by atoms with E-state index in [-0.39, 0.29) is 40.0 Å². The number of aldehydes is 1. The molecule has 0 bridgehead atoms. The predicted octanol–water partition coefficient (Wildman–Crippen LogP) is 6.53. The van der Waals surface area contributed by atoms with Crippen molar-refractivity contribution >= 4 is 39.5 Å². The third-order valence-electron chi connectivity index (χ3n) is 8.13. The van der Waals surface area contributed by atoms with E-state index in [1.165, 1.54) is 19.2 Å². The van der Waals surface area contributed by atoms with Crippen LogP contribution in [0.4, 0.5) is 5.69 Å². The van der Waals surface area contributed by atoms with E-state index in [1.807, 2.05) is 12.1 Å². The Hall–Kier alpha value is -4.34. The van der Waals surface area contributed by atoms with Gasteiger partial charge in [0.15, 0.2) is 11.5 Å². The second-order valence-electron chi connectivity index (χ2n) is 10.7. The van der Waals surface area contributed by atoms with Gasteiger partial charge in [0.05, 0.1) is 12.7 Å². The molecule has 3 atom stereocenters. The van der Waals surface area contributed by atoms with Gasteiger partial charge < -0.3 is 18.9 Å². The van der Waals surface area contributed by atoms with Gasteiger partial charge in [-0.1, -0.05) is 43.4 Å². The zero-order valence-electron chi connectivity index (χ0n) is 23.3. The van der Waals surface area contributed by atoms with Crippen LogP contribution in [0.25, 0.3) is 21.5 Å². The van der Waals surface area contributed by atoms with Crippen LogP contribution in [0.3, 0.4) is 0 Å². The van der Waals surface area contributed by atoms with Crippen LogP contribution < -0.4 is 19.4 Å². The number of anilines is 1. The number of esters is 1. The molecule has 9 nitrogen and oxygen atoms in total. The summed E-state index contributed by atoms with van der Waals surface area (Å²) in [4.78, 5) is 25.5. The van der Waals surface area contributed by atoms with Crippen LogP contribution in [0.5, 0.6) is 17.2 Å². The van der Waals surface area contributed by atoms with Gasteiger partial charge in [-0.2, -0.15) is 0 Å². The van der Waals surface area contributed by atoms with Crippen LogP contribution in [0, 0.1) is 11.3 Å². The fourth-order valence-electron chi connectivity index (χ4n) is 6.21. The van der Waals surface area contributed by atoms with Gasteiger partial charge in [0.1, 0.15) is 23.8 Å². The predicted molar refractivity (Wildman–Crippen MR) is 154 cm³/mol. The van der Waals surface area contributed by atoms with Gasteiger partial charge in [-0.15, -0.1) is 11.8 Å². The van der Waals surface area contributed by atoms with Crippen LogP contribution in [0.2, 0.25) is 0 Å². The summed E-state index contributed by atoms with van der Waals surface area (Å²) in [7, 11) is 1.52. The Balaban J connectivity index is 1.57. The van der Waals surface area contributed by atoms with E-state index in [1.54, 1.807) is 19.1 Å². The number of rotatable bonds is 9. The molecule has 5 rings (SSSR count). The maximum absolute atomic E-state index is 13.8. The van der Waals surface area contributed by atoms with Gasteiger partial charge in [0.25, 0.3) is 0 Å². The number of hydrogen-bond acceptors (Lipinski definition) is 9. The minimum absolute atomic E-state index is 0.0325. The smallest absolute Gasteiger partial charge is 0.339 e. The van der Waals surface area contributed by atoms with Gasteiger partial charge in [0, 0.05) is 28.5 Å². The molecule has 41 heavy (non-hydrogen) atoms. The van der Waals surface area contributed by atoms with Crippen molar-refractivity contribution < 1.29 is 39.0 Å². The summed E-state index contributed by atoms with van der Waals surface area (Å²) in [6.45, 7) is 11.7. The van der Waals surface area contributed by atoms with Crippen molar-refractivity contribution in [3.05, 3.63) is 72.4 Å². The number of hydrogen-bond donors (Lipinski definition) is 2. The normalized spacial score (nSPS) is 20.3. The highest BCUT2D eigenvalue weighted by Crippen LogP contribution is 2.50. The van der Waals surface area contributed by atoms with Crippen LogP contribution >= 0.6 is 0 Å². The first-order valence-corrected chi connectivity index (χ1v) is 13.3.